The molecule has 0 saturated heterocycles. The average Bonchev–Trinajstić information content (AvgIpc) is 2.27. The second kappa shape index (κ2) is 7.35. The maximum Gasteiger partial charge on any atom is 0.338 e. The molecule has 0 aliphatic carbocycles. The van der Waals surface area contributed by atoms with Crippen LogP contribution < -0.4 is 0 Å². The Morgan fingerprint density at radius 2 is 1.68 bits per heavy atom. The van der Waals surface area contributed by atoms with Gasteiger partial charge in [-0.25, -0.2) is 22.0 Å². The Balaban J connectivity index is 4.32. The van der Waals surface area contributed by atoms with E-state index in [2.05, 4.69) is 0 Å². The predicted octanol–water partition coefficient (Wildman–Crippen LogP) is 4.31. The molecule has 0 rings (SSSR count). The van der Waals surface area contributed by atoms with Gasteiger partial charge in [-0.2, -0.15) is 8.78 Å². The van der Waals surface area contributed by atoms with Gasteiger partial charge in [-0.15, -0.1) is 0 Å². The van der Waals surface area contributed by atoms with E-state index in [1.54, 1.807) is 0 Å². The van der Waals surface area contributed by atoms with Gasteiger partial charge in [-0.1, -0.05) is 18.7 Å². The van der Waals surface area contributed by atoms with E-state index in [0.29, 0.717) is 11.8 Å². The molecule has 0 N–H and O–H groups in total. The van der Waals surface area contributed by atoms with Crippen LogP contribution >= 0.6 is 11.8 Å². The first-order valence-electron chi connectivity index (χ1n) is 5.36. The highest BCUT2D eigenvalue weighted by Crippen LogP contribution is 2.37. The molecule has 0 aliphatic rings. The molecule has 0 spiro atoms. The van der Waals surface area contributed by atoms with Crippen molar-refractivity contribution in [1.82, 2.24) is 0 Å². The number of thioether (sulfide) groups is 1. The Morgan fingerprint density at radius 1 is 1.16 bits per heavy atom. The number of rotatable bonds is 8. The smallest absolute Gasteiger partial charge is 0.287 e. The minimum absolute atomic E-state index is 0.116. The van der Waals surface area contributed by atoms with E-state index in [-0.39, 0.29) is 17.3 Å². The zero-order chi connectivity index (χ0) is 15.3. The molecular formula is C10H13F7OS. The number of hydrogen-bond acceptors (Lipinski definition) is 2. The number of carbonyl (C=O) groups excluding carboxylic acids is 1. The van der Waals surface area contributed by atoms with Crippen molar-refractivity contribution >= 4 is 16.9 Å². The number of hydrogen-bond donors (Lipinski definition) is 0. The van der Waals surface area contributed by atoms with Crippen molar-refractivity contribution in [1.29, 1.82) is 0 Å². The standard InChI is InChI=1S/C10H13F7OS/c1-2-7(18)19-4-3-9(14,15)5-6(11)10(16,17)8(12)13/h6,8H,2-5H2,1H3. The predicted molar refractivity (Wildman–Crippen MR) is 57.8 cm³/mol. The van der Waals surface area contributed by atoms with Crippen LogP contribution in [-0.2, 0) is 4.79 Å². The average molecular weight is 314 g/mol. The van der Waals surface area contributed by atoms with E-state index in [4.69, 9.17) is 0 Å². The fourth-order valence-corrected chi connectivity index (χ4v) is 1.89. The molecular weight excluding hydrogens is 301 g/mol. The molecule has 9 heteroatoms. The lowest BCUT2D eigenvalue weighted by Gasteiger charge is -2.24. The summed E-state index contributed by atoms with van der Waals surface area (Å²) in [5.74, 6) is -9.35. The van der Waals surface area contributed by atoms with E-state index in [9.17, 15) is 35.5 Å². The van der Waals surface area contributed by atoms with Gasteiger partial charge >= 0.3 is 12.3 Å². The molecule has 1 nitrogen and oxygen atoms in total. The molecule has 19 heavy (non-hydrogen) atoms. The Labute approximate surface area is 109 Å². The van der Waals surface area contributed by atoms with Gasteiger partial charge in [0.25, 0.3) is 5.92 Å². The van der Waals surface area contributed by atoms with Crippen molar-refractivity contribution in [3.63, 3.8) is 0 Å². The minimum atomic E-state index is -5.10. The second-order valence-corrected chi connectivity index (χ2v) is 4.98. The summed E-state index contributed by atoms with van der Waals surface area (Å²) in [4.78, 5) is 10.8. The van der Waals surface area contributed by atoms with Crippen LogP contribution in [0.25, 0.3) is 0 Å². The summed E-state index contributed by atoms with van der Waals surface area (Å²) in [5.41, 5.74) is 0. The molecule has 0 aliphatic heterocycles. The van der Waals surface area contributed by atoms with Crippen molar-refractivity contribution in [2.45, 2.75) is 50.6 Å². The zero-order valence-electron chi connectivity index (χ0n) is 9.95. The summed E-state index contributed by atoms with van der Waals surface area (Å²) in [6, 6.07) is 0. The molecule has 0 aromatic heterocycles. The third kappa shape index (κ3) is 6.49. The lowest BCUT2D eigenvalue weighted by Crippen LogP contribution is -2.41. The summed E-state index contributed by atoms with van der Waals surface area (Å²) < 4.78 is 87.4. The quantitative estimate of drug-likeness (QED) is 0.621. The first-order valence-corrected chi connectivity index (χ1v) is 6.35. The van der Waals surface area contributed by atoms with Crippen LogP contribution in [0.4, 0.5) is 30.7 Å². The van der Waals surface area contributed by atoms with E-state index < -0.39 is 37.3 Å². The van der Waals surface area contributed by atoms with Gasteiger partial charge in [-0.05, 0) is 0 Å². The van der Waals surface area contributed by atoms with Crippen LogP contribution in [0.15, 0.2) is 0 Å². The number of halogens is 7. The Bertz CT molecular complexity index is 296. The topological polar surface area (TPSA) is 17.1 Å². The van der Waals surface area contributed by atoms with E-state index >= 15 is 0 Å². The molecule has 1 unspecified atom stereocenters. The number of alkyl halides is 7. The molecule has 0 aromatic rings. The molecule has 0 amide bonds. The third-order valence-corrected chi connectivity index (χ3v) is 3.22. The van der Waals surface area contributed by atoms with Gasteiger partial charge in [0, 0.05) is 25.0 Å². The molecule has 0 fully saturated rings. The van der Waals surface area contributed by atoms with Crippen LogP contribution in [0.5, 0.6) is 0 Å². The molecule has 0 heterocycles. The lowest BCUT2D eigenvalue weighted by atomic mass is 10.0. The third-order valence-electron chi connectivity index (χ3n) is 2.21. The van der Waals surface area contributed by atoms with Crippen molar-refractivity contribution in [3.8, 4) is 0 Å². The highest BCUT2D eigenvalue weighted by atomic mass is 32.2. The van der Waals surface area contributed by atoms with Crippen LogP contribution in [0.1, 0.15) is 26.2 Å². The van der Waals surface area contributed by atoms with Gasteiger partial charge in [0.15, 0.2) is 11.3 Å². The summed E-state index contributed by atoms with van der Waals surface area (Å²) in [6.07, 6.45) is -10.9. The van der Waals surface area contributed by atoms with Crippen LogP contribution in [0.3, 0.4) is 0 Å². The first-order chi connectivity index (χ1) is 8.53. The zero-order valence-corrected chi connectivity index (χ0v) is 10.8. The summed E-state index contributed by atoms with van der Waals surface area (Å²) >= 11 is 0.567. The summed E-state index contributed by atoms with van der Waals surface area (Å²) in [6.45, 7) is 1.51. The maximum absolute atomic E-state index is 13.1. The van der Waals surface area contributed by atoms with E-state index in [0.717, 1.165) is 0 Å². The van der Waals surface area contributed by atoms with Crippen molar-refractivity contribution in [2.75, 3.05) is 5.75 Å². The van der Waals surface area contributed by atoms with Crippen LogP contribution in [0, 0.1) is 0 Å². The van der Waals surface area contributed by atoms with Gasteiger partial charge in [-0.3, -0.25) is 4.79 Å². The van der Waals surface area contributed by atoms with Gasteiger partial charge in [0.1, 0.15) is 0 Å². The van der Waals surface area contributed by atoms with Crippen molar-refractivity contribution < 1.29 is 35.5 Å². The lowest BCUT2D eigenvalue weighted by molar-refractivity contribution is -0.187. The van der Waals surface area contributed by atoms with Gasteiger partial charge in [0.05, 0.1) is 0 Å². The van der Waals surface area contributed by atoms with Crippen molar-refractivity contribution in [2.24, 2.45) is 0 Å². The first kappa shape index (κ1) is 18.5. The second-order valence-electron chi connectivity index (χ2n) is 3.83. The van der Waals surface area contributed by atoms with Crippen LogP contribution in [0.2, 0.25) is 0 Å². The Kier molecular flexibility index (Phi) is 7.17. The summed E-state index contributed by atoms with van der Waals surface area (Å²) in [7, 11) is 0. The highest BCUT2D eigenvalue weighted by Gasteiger charge is 2.52. The molecule has 0 radical (unpaired) electrons. The van der Waals surface area contributed by atoms with Gasteiger partial charge in [0.2, 0.25) is 0 Å². The fraction of sp³-hybridized carbons (Fsp3) is 0.900. The molecule has 1 atom stereocenters. The summed E-state index contributed by atoms with van der Waals surface area (Å²) in [5, 5.41) is -0.370. The van der Waals surface area contributed by atoms with Crippen LogP contribution in [-0.4, -0.2) is 35.3 Å². The van der Waals surface area contributed by atoms with E-state index in [1.165, 1.54) is 6.92 Å². The largest absolute Gasteiger partial charge is 0.338 e. The minimum Gasteiger partial charge on any atom is -0.287 e. The monoisotopic (exact) mass is 314 g/mol. The van der Waals surface area contributed by atoms with E-state index in [1.807, 2.05) is 0 Å². The SMILES string of the molecule is CCC(=O)SCCC(F)(F)CC(F)C(F)(F)C(F)F. The normalized spacial score (nSPS) is 14.8. The Hall–Kier alpha value is -0.470. The van der Waals surface area contributed by atoms with Gasteiger partial charge < -0.3 is 0 Å². The van der Waals surface area contributed by atoms with Crippen molar-refractivity contribution in [3.05, 3.63) is 0 Å². The maximum atomic E-state index is 13.1. The molecule has 114 valence electrons. The number of carbonyl (C=O) groups is 1. The Morgan fingerprint density at radius 3 is 2.11 bits per heavy atom. The molecule has 0 saturated carbocycles. The molecule has 0 bridgehead atoms. The fourth-order valence-electron chi connectivity index (χ4n) is 1.05. The highest BCUT2D eigenvalue weighted by molar-refractivity contribution is 8.13. The molecule has 0 aromatic carbocycles.